The predicted octanol–water partition coefficient (Wildman–Crippen LogP) is 1.50. The monoisotopic (exact) mass is 288 g/mol. The molecule has 4 fully saturated rings. The molecule has 1 unspecified atom stereocenters. The average molecular weight is 288 g/mol. The molecule has 4 aliphatic carbocycles. The lowest BCUT2D eigenvalue weighted by molar-refractivity contribution is -0.128. The van der Waals surface area contributed by atoms with Crippen LogP contribution in [0.1, 0.15) is 50.1 Å². The molecule has 1 amide bonds. The molecule has 5 nitrogen and oxygen atoms in total. The third-order valence-corrected chi connectivity index (χ3v) is 5.79. The van der Waals surface area contributed by atoms with Crippen LogP contribution >= 0.6 is 0 Å². The Labute approximate surface area is 125 Å². The lowest BCUT2D eigenvalue weighted by atomic mass is 9.53. The largest absolute Gasteiger partial charge is 0.349 e. The van der Waals surface area contributed by atoms with Gasteiger partial charge in [0.15, 0.2) is 0 Å². The molecule has 4 bridgehead atoms. The van der Waals surface area contributed by atoms with Crippen LogP contribution in [0.4, 0.5) is 0 Å². The van der Waals surface area contributed by atoms with Gasteiger partial charge in [-0.25, -0.2) is 0 Å². The Kier molecular flexibility index (Phi) is 2.89. The van der Waals surface area contributed by atoms with E-state index in [1.54, 1.807) is 10.9 Å². The third kappa shape index (κ3) is 2.27. The maximum atomic E-state index is 12.6. The molecule has 5 rings (SSSR count). The van der Waals surface area contributed by atoms with E-state index in [-0.39, 0.29) is 11.4 Å². The van der Waals surface area contributed by atoms with Crippen molar-refractivity contribution >= 4 is 5.91 Å². The van der Waals surface area contributed by atoms with Crippen molar-refractivity contribution in [2.75, 3.05) is 0 Å². The van der Waals surface area contributed by atoms with Crippen LogP contribution in [0.5, 0.6) is 0 Å². The van der Waals surface area contributed by atoms with Crippen molar-refractivity contribution in [3.8, 4) is 0 Å². The molecular weight excluding hydrogens is 264 g/mol. The molecule has 114 valence electrons. The normalized spacial score (nSPS) is 38.5. The summed E-state index contributed by atoms with van der Waals surface area (Å²) < 4.78 is 1.69. The van der Waals surface area contributed by atoms with Gasteiger partial charge >= 0.3 is 0 Å². The molecule has 1 aromatic rings. The molecule has 1 aromatic heterocycles. The first-order valence-corrected chi connectivity index (χ1v) is 8.09. The van der Waals surface area contributed by atoms with Crippen LogP contribution in [0.25, 0.3) is 0 Å². The van der Waals surface area contributed by atoms with Gasteiger partial charge < -0.3 is 11.1 Å². The second kappa shape index (κ2) is 4.57. The highest BCUT2D eigenvalue weighted by molar-refractivity contribution is 5.83. The van der Waals surface area contributed by atoms with Gasteiger partial charge in [0.2, 0.25) is 5.91 Å². The molecule has 4 aliphatic rings. The predicted molar refractivity (Wildman–Crippen MR) is 79.2 cm³/mol. The first-order chi connectivity index (χ1) is 10.0. The Morgan fingerprint density at radius 1 is 1.33 bits per heavy atom. The molecule has 5 heteroatoms. The minimum absolute atomic E-state index is 0.0334. The summed E-state index contributed by atoms with van der Waals surface area (Å²) in [6.45, 7) is 0. The molecule has 1 heterocycles. The van der Waals surface area contributed by atoms with Crippen LogP contribution in [0.3, 0.4) is 0 Å². The number of nitrogens with two attached hydrogens (primary N) is 1. The second-order valence-electron chi connectivity index (χ2n) is 7.61. The fourth-order valence-electron chi connectivity index (χ4n) is 5.35. The standard InChI is InChI=1S/C16H24N4O/c1-20-9-13(8-18-20)14(17)15(21)19-16-5-10-2-11(6-16)4-12(3-10)7-16/h8-12,14H,2-7,17H2,1H3,(H,19,21). The third-order valence-electron chi connectivity index (χ3n) is 5.79. The van der Waals surface area contributed by atoms with Gasteiger partial charge in [0, 0.05) is 24.3 Å². The summed E-state index contributed by atoms with van der Waals surface area (Å²) in [5.41, 5.74) is 6.94. The van der Waals surface area contributed by atoms with Crippen molar-refractivity contribution in [2.45, 2.75) is 50.1 Å². The van der Waals surface area contributed by atoms with Gasteiger partial charge in [0.05, 0.1) is 6.20 Å². The zero-order valence-corrected chi connectivity index (χ0v) is 12.6. The molecular formula is C16H24N4O. The van der Waals surface area contributed by atoms with E-state index < -0.39 is 6.04 Å². The van der Waals surface area contributed by atoms with Crippen molar-refractivity contribution in [3.05, 3.63) is 18.0 Å². The van der Waals surface area contributed by atoms with E-state index in [2.05, 4.69) is 10.4 Å². The zero-order valence-electron chi connectivity index (χ0n) is 12.6. The van der Waals surface area contributed by atoms with Crippen molar-refractivity contribution < 1.29 is 4.79 Å². The number of carbonyl (C=O) groups excluding carboxylic acids is 1. The molecule has 0 aliphatic heterocycles. The maximum absolute atomic E-state index is 12.6. The van der Waals surface area contributed by atoms with Crippen LogP contribution in [-0.4, -0.2) is 21.2 Å². The fourth-order valence-corrected chi connectivity index (χ4v) is 5.35. The average Bonchev–Trinajstić information content (AvgIpc) is 2.82. The van der Waals surface area contributed by atoms with Gasteiger partial charge in [-0.1, -0.05) is 0 Å². The Balaban J connectivity index is 1.49. The lowest BCUT2D eigenvalue weighted by Gasteiger charge is -2.57. The molecule has 3 N–H and O–H groups in total. The Morgan fingerprint density at radius 2 is 1.90 bits per heavy atom. The number of rotatable bonds is 3. The Hall–Kier alpha value is -1.36. The van der Waals surface area contributed by atoms with E-state index in [9.17, 15) is 4.79 Å². The lowest BCUT2D eigenvalue weighted by Crippen LogP contribution is -2.60. The molecule has 1 atom stereocenters. The summed E-state index contributed by atoms with van der Waals surface area (Å²) in [6.07, 6.45) is 11.1. The Bertz CT molecular complexity index is 529. The number of hydrogen-bond acceptors (Lipinski definition) is 3. The summed E-state index contributed by atoms with van der Waals surface area (Å²) in [6, 6.07) is -0.605. The number of hydrogen-bond donors (Lipinski definition) is 2. The summed E-state index contributed by atoms with van der Waals surface area (Å²) >= 11 is 0. The summed E-state index contributed by atoms with van der Waals surface area (Å²) in [4.78, 5) is 12.6. The molecule has 4 saturated carbocycles. The number of carbonyl (C=O) groups is 1. The van der Waals surface area contributed by atoms with E-state index in [1.165, 1.54) is 19.3 Å². The van der Waals surface area contributed by atoms with Crippen LogP contribution < -0.4 is 11.1 Å². The first kappa shape index (κ1) is 13.3. The van der Waals surface area contributed by atoms with Crippen LogP contribution in [0.2, 0.25) is 0 Å². The van der Waals surface area contributed by atoms with Gasteiger partial charge in [0.1, 0.15) is 6.04 Å². The highest BCUT2D eigenvalue weighted by Crippen LogP contribution is 2.55. The van der Waals surface area contributed by atoms with Crippen molar-refractivity contribution in [1.29, 1.82) is 0 Å². The minimum atomic E-state index is -0.605. The van der Waals surface area contributed by atoms with Gasteiger partial charge in [-0.05, 0) is 56.3 Å². The molecule has 21 heavy (non-hydrogen) atoms. The SMILES string of the molecule is Cn1cc(C(N)C(=O)NC23CC4CC(CC(C4)C2)C3)cn1. The molecule has 0 radical (unpaired) electrons. The molecule has 0 saturated heterocycles. The van der Waals surface area contributed by atoms with E-state index in [4.69, 9.17) is 5.73 Å². The van der Waals surface area contributed by atoms with E-state index in [0.717, 1.165) is 42.6 Å². The number of aromatic nitrogens is 2. The summed E-state index contributed by atoms with van der Waals surface area (Å²) in [5, 5.41) is 7.43. The van der Waals surface area contributed by atoms with Crippen LogP contribution in [-0.2, 0) is 11.8 Å². The van der Waals surface area contributed by atoms with Crippen molar-refractivity contribution in [1.82, 2.24) is 15.1 Å². The topological polar surface area (TPSA) is 72.9 Å². The maximum Gasteiger partial charge on any atom is 0.242 e. The van der Waals surface area contributed by atoms with Crippen molar-refractivity contribution in [2.24, 2.45) is 30.5 Å². The number of aryl methyl sites for hydroxylation is 1. The second-order valence-corrected chi connectivity index (χ2v) is 7.61. The van der Waals surface area contributed by atoms with E-state index in [0.29, 0.717) is 0 Å². The van der Waals surface area contributed by atoms with Gasteiger partial charge in [-0.3, -0.25) is 9.48 Å². The quantitative estimate of drug-likeness (QED) is 0.885. The fraction of sp³-hybridized carbons (Fsp3) is 0.750. The summed E-state index contributed by atoms with van der Waals surface area (Å²) in [5.74, 6) is 2.44. The summed E-state index contributed by atoms with van der Waals surface area (Å²) in [7, 11) is 1.84. The van der Waals surface area contributed by atoms with Gasteiger partial charge in [-0.15, -0.1) is 0 Å². The smallest absolute Gasteiger partial charge is 0.242 e. The number of nitrogens with one attached hydrogen (secondary N) is 1. The van der Waals surface area contributed by atoms with E-state index >= 15 is 0 Å². The highest BCUT2D eigenvalue weighted by atomic mass is 16.2. The van der Waals surface area contributed by atoms with Crippen molar-refractivity contribution in [3.63, 3.8) is 0 Å². The van der Waals surface area contributed by atoms with Gasteiger partial charge in [-0.2, -0.15) is 5.10 Å². The Morgan fingerprint density at radius 3 is 2.38 bits per heavy atom. The molecule has 0 spiro atoms. The number of nitrogens with zero attached hydrogens (tertiary/aromatic N) is 2. The minimum Gasteiger partial charge on any atom is -0.349 e. The highest BCUT2D eigenvalue weighted by Gasteiger charge is 2.51. The first-order valence-electron chi connectivity index (χ1n) is 8.09. The molecule has 0 aromatic carbocycles. The van der Waals surface area contributed by atoms with Crippen LogP contribution in [0, 0.1) is 17.8 Å². The van der Waals surface area contributed by atoms with E-state index in [1.807, 2.05) is 13.2 Å². The number of amides is 1. The van der Waals surface area contributed by atoms with Gasteiger partial charge in [0.25, 0.3) is 0 Å². The zero-order chi connectivity index (χ0) is 14.6. The van der Waals surface area contributed by atoms with Crippen LogP contribution in [0.15, 0.2) is 12.4 Å².